The molecule has 0 aromatic heterocycles. The first-order valence-electron chi connectivity index (χ1n) is 6.46. The highest BCUT2D eigenvalue weighted by Gasteiger charge is 2.28. The van der Waals surface area contributed by atoms with E-state index in [0.717, 1.165) is 38.2 Å². The third kappa shape index (κ3) is 2.31. The molecule has 92 valence electrons. The van der Waals surface area contributed by atoms with Crippen molar-refractivity contribution in [3.63, 3.8) is 0 Å². The molecule has 1 atom stereocenters. The Morgan fingerprint density at radius 1 is 1.29 bits per heavy atom. The summed E-state index contributed by atoms with van der Waals surface area (Å²) < 4.78 is 5.65. The van der Waals surface area contributed by atoms with E-state index < -0.39 is 0 Å². The molecule has 1 fully saturated rings. The van der Waals surface area contributed by atoms with E-state index in [1.54, 1.807) is 0 Å². The second-order valence-corrected chi connectivity index (χ2v) is 5.10. The van der Waals surface area contributed by atoms with Crippen LogP contribution in [0.15, 0.2) is 24.3 Å². The van der Waals surface area contributed by atoms with E-state index in [9.17, 15) is 5.11 Å². The molecule has 3 rings (SSSR count). The number of nitrogens with one attached hydrogen (secondary N) is 1. The minimum absolute atomic E-state index is 0.0746. The van der Waals surface area contributed by atoms with Gasteiger partial charge in [0.1, 0.15) is 5.75 Å². The SMILES string of the molecule is OC1CC(NCC2CCOc3ccccc32)C1. The maximum atomic E-state index is 9.25. The Balaban J connectivity index is 1.61. The quantitative estimate of drug-likeness (QED) is 0.834. The predicted octanol–water partition coefficient (Wildman–Crippen LogP) is 1.67. The van der Waals surface area contributed by atoms with E-state index >= 15 is 0 Å². The average molecular weight is 233 g/mol. The van der Waals surface area contributed by atoms with Gasteiger partial charge in [-0.1, -0.05) is 18.2 Å². The minimum atomic E-state index is -0.0746. The first-order valence-corrected chi connectivity index (χ1v) is 6.46. The Hall–Kier alpha value is -1.06. The Bertz CT molecular complexity index is 388. The van der Waals surface area contributed by atoms with Crippen LogP contribution in [0.1, 0.15) is 30.7 Å². The van der Waals surface area contributed by atoms with Crippen LogP contribution >= 0.6 is 0 Å². The van der Waals surface area contributed by atoms with E-state index in [1.165, 1.54) is 5.56 Å². The maximum Gasteiger partial charge on any atom is 0.122 e. The van der Waals surface area contributed by atoms with Gasteiger partial charge in [0.15, 0.2) is 0 Å². The summed E-state index contributed by atoms with van der Waals surface area (Å²) in [6.45, 7) is 1.81. The molecule has 0 amide bonds. The Kier molecular flexibility index (Phi) is 3.04. The van der Waals surface area contributed by atoms with Crippen LogP contribution < -0.4 is 10.1 Å². The first-order chi connectivity index (χ1) is 8.33. The molecular weight excluding hydrogens is 214 g/mol. The summed E-state index contributed by atoms with van der Waals surface area (Å²) >= 11 is 0. The van der Waals surface area contributed by atoms with Gasteiger partial charge in [0.25, 0.3) is 0 Å². The molecule has 0 saturated heterocycles. The molecule has 2 aliphatic rings. The van der Waals surface area contributed by atoms with Crippen LogP contribution in [-0.4, -0.2) is 30.4 Å². The number of fused-ring (bicyclic) bond motifs is 1. The van der Waals surface area contributed by atoms with Crippen LogP contribution in [0, 0.1) is 0 Å². The van der Waals surface area contributed by atoms with Crippen LogP contribution in [0.5, 0.6) is 5.75 Å². The number of ether oxygens (including phenoxy) is 1. The molecule has 2 N–H and O–H groups in total. The summed E-state index contributed by atoms with van der Waals surface area (Å²) in [6, 6.07) is 8.83. The lowest BCUT2D eigenvalue weighted by atomic mass is 9.87. The molecule has 17 heavy (non-hydrogen) atoms. The van der Waals surface area contributed by atoms with Crippen LogP contribution in [0.4, 0.5) is 0 Å². The van der Waals surface area contributed by atoms with Crippen molar-refractivity contribution in [3.05, 3.63) is 29.8 Å². The second-order valence-electron chi connectivity index (χ2n) is 5.10. The standard InChI is InChI=1S/C14H19NO2/c16-12-7-11(8-12)15-9-10-5-6-17-14-4-2-1-3-13(10)14/h1-4,10-12,15-16H,5-9H2. The van der Waals surface area contributed by atoms with Gasteiger partial charge in [-0.25, -0.2) is 0 Å². The molecule has 0 spiro atoms. The van der Waals surface area contributed by atoms with Crippen molar-refractivity contribution in [1.29, 1.82) is 0 Å². The zero-order valence-electron chi connectivity index (χ0n) is 9.93. The van der Waals surface area contributed by atoms with Gasteiger partial charge >= 0.3 is 0 Å². The van der Waals surface area contributed by atoms with E-state index in [0.29, 0.717) is 12.0 Å². The number of rotatable bonds is 3. The van der Waals surface area contributed by atoms with E-state index in [-0.39, 0.29) is 6.10 Å². The third-order valence-corrected chi connectivity index (χ3v) is 3.85. The molecule has 3 heteroatoms. The summed E-state index contributed by atoms with van der Waals surface area (Å²) in [6.07, 6.45) is 2.82. The van der Waals surface area contributed by atoms with Crippen molar-refractivity contribution in [2.75, 3.05) is 13.2 Å². The molecule has 1 aromatic carbocycles. The van der Waals surface area contributed by atoms with Gasteiger partial charge in [-0.15, -0.1) is 0 Å². The smallest absolute Gasteiger partial charge is 0.122 e. The highest BCUT2D eigenvalue weighted by molar-refractivity contribution is 5.37. The number of hydrogen-bond acceptors (Lipinski definition) is 3. The van der Waals surface area contributed by atoms with Crippen LogP contribution in [0.2, 0.25) is 0 Å². The zero-order chi connectivity index (χ0) is 11.7. The van der Waals surface area contributed by atoms with Crippen molar-refractivity contribution < 1.29 is 9.84 Å². The monoisotopic (exact) mass is 233 g/mol. The van der Waals surface area contributed by atoms with Gasteiger partial charge in [-0.2, -0.15) is 0 Å². The number of aliphatic hydroxyl groups excluding tert-OH is 1. The predicted molar refractivity (Wildman–Crippen MR) is 66.3 cm³/mol. The molecule has 3 nitrogen and oxygen atoms in total. The summed E-state index contributed by atoms with van der Waals surface area (Å²) in [5.41, 5.74) is 1.33. The topological polar surface area (TPSA) is 41.5 Å². The van der Waals surface area contributed by atoms with Gasteiger partial charge in [0, 0.05) is 18.5 Å². The van der Waals surface area contributed by atoms with Crippen LogP contribution in [-0.2, 0) is 0 Å². The van der Waals surface area contributed by atoms with Gasteiger partial charge in [-0.05, 0) is 30.9 Å². The van der Waals surface area contributed by atoms with Crippen molar-refractivity contribution in [2.45, 2.75) is 37.3 Å². The van der Waals surface area contributed by atoms with Crippen LogP contribution in [0.25, 0.3) is 0 Å². The highest BCUT2D eigenvalue weighted by Crippen LogP contribution is 2.33. The second kappa shape index (κ2) is 4.67. The lowest BCUT2D eigenvalue weighted by molar-refractivity contribution is 0.0614. The fraction of sp³-hybridized carbons (Fsp3) is 0.571. The average Bonchev–Trinajstić information content (AvgIpc) is 2.33. The van der Waals surface area contributed by atoms with Crippen molar-refractivity contribution in [1.82, 2.24) is 5.32 Å². The van der Waals surface area contributed by atoms with Crippen LogP contribution in [0.3, 0.4) is 0 Å². The molecule has 0 bridgehead atoms. The fourth-order valence-electron chi connectivity index (χ4n) is 2.69. The van der Waals surface area contributed by atoms with Gasteiger partial charge in [0.05, 0.1) is 12.7 Å². The lowest BCUT2D eigenvalue weighted by Crippen LogP contribution is -2.45. The van der Waals surface area contributed by atoms with E-state index in [1.807, 2.05) is 6.07 Å². The molecular formula is C14H19NO2. The summed E-state index contributed by atoms with van der Waals surface area (Å²) in [7, 11) is 0. The zero-order valence-corrected chi connectivity index (χ0v) is 9.93. The normalized spacial score (nSPS) is 31.2. The lowest BCUT2D eigenvalue weighted by Gasteiger charge is -2.34. The fourth-order valence-corrected chi connectivity index (χ4v) is 2.69. The Morgan fingerprint density at radius 2 is 2.12 bits per heavy atom. The Morgan fingerprint density at radius 3 is 2.94 bits per heavy atom. The van der Waals surface area contributed by atoms with E-state index in [4.69, 9.17) is 4.74 Å². The minimum Gasteiger partial charge on any atom is -0.493 e. The number of aliphatic hydroxyl groups is 1. The van der Waals surface area contributed by atoms with Crippen molar-refractivity contribution in [3.8, 4) is 5.75 Å². The summed E-state index contributed by atoms with van der Waals surface area (Å²) in [5.74, 6) is 1.59. The number of benzene rings is 1. The molecule has 1 unspecified atom stereocenters. The molecule has 1 aliphatic carbocycles. The first kappa shape index (κ1) is 11.1. The molecule has 1 aliphatic heterocycles. The summed E-state index contributed by atoms with van der Waals surface area (Å²) in [5, 5.41) is 12.8. The number of para-hydroxylation sites is 1. The van der Waals surface area contributed by atoms with Gasteiger partial charge in [0.2, 0.25) is 0 Å². The van der Waals surface area contributed by atoms with Gasteiger partial charge in [-0.3, -0.25) is 0 Å². The van der Waals surface area contributed by atoms with E-state index in [2.05, 4.69) is 23.5 Å². The highest BCUT2D eigenvalue weighted by atomic mass is 16.5. The molecule has 0 radical (unpaired) electrons. The Labute approximate surface area is 102 Å². The third-order valence-electron chi connectivity index (χ3n) is 3.85. The number of hydrogen-bond donors (Lipinski definition) is 2. The molecule has 1 heterocycles. The maximum absolute atomic E-state index is 9.25. The van der Waals surface area contributed by atoms with Crippen molar-refractivity contribution >= 4 is 0 Å². The van der Waals surface area contributed by atoms with Gasteiger partial charge < -0.3 is 15.2 Å². The molecule has 1 aromatic rings. The van der Waals surface area contributed by atoms with Crippen molar-refractivity contribution in [2.24, 2.45) is 0 Å². The summed E-state index contributed by atoms with van der Waals surface area (Å²) in [4.78, 5) is 0. The largest absolute Gasteiger partial charge is 0.493 e. The molecule has 1 saturated carbocycles.